The summed E-state index contributed by atoms with van der Waals surface area (Å²) in [4.78, 5) is 16.2. The number of hydrogen-bond acceptors (Lipinski definition) is 4. The lowest BCUT2D eigenvalue weighted by Gasteiger charge is -2.22. The van der Waals surface area contributed by atoms with E-state index in [2.05, 4.69) is 0 Å². The van der Waals surface area contributed by atoms with Crippen molar-refractivity contribution < 1.29 is 13.9 Å². The highest BCUT2D eigenvalue weighted by molar-refractivity contribution is 7.09. The number of benzene rings is 2. The molecule has 4 aromatic rings. The van der Waals surface area contributed by atoms with E-state index in [1.165, 1.54) is 0 Å². The summed E-state index contributed by atoms with van der Waals surface area (Å²) in [6.07, 6.45) is 0. The van der Waals surface area contributed by atoms with E-state index in [0.717, 1.165) is 21.6 Å². The molecule has 0 aliphatic heterocycles. The third-order valence-electron chi connectivity index (χ3n) is 4.40. The van der Waals surface area contributed by atoms with E-state index in [1.807, 2.05) is 66.0 Å². The van der Waals surface area contributed by atoms with Gasteiger partial charge in [0.15, 0.2) is 5.76 Å². The number of nitrogens with zero attached hydrogens (tertiary/aromatic N) is 1. The standard InChI is InChI=1S/C22H19NO3S/c1-25-19-10-4-3-8-17(19)14-23(15-18-9-6-12-27-18)22(24)21-13-16-7-2-5-11-20(16)26-21/h2-13H,14-15H2,1H3. The maximum atomic E-state index is 13.2. The summed E-state index contributed by atoms with van der Waals surface area (Å²) >= 11 is 1.63. The summed E-state index contributed by atoms with van der Waals surface area (Å²) in [6, 6.07) is 21.2. The molecule has 2 aromatic heterocycles. The summed E-state index contributed by atoms with van der Waals surface area (Å²) in [7, 11) is 1.64. The SMILES string of the molecule is COc1ccccc1CN(Cc1cccs1)C(=O)c1cc2ccccc2o1. The maximum absolute atomic E-state index is 13.2. The molecule has 0 saturated heterocycles. The van der Waals surface area contributed by atoms with Crippen molar-refractivity contribution in [3.05, 3.63) is 88.3 Å². The lowest BCUT2D eigenvalue weighted by atomic mass is 10.1. The van der Waals surface area contributed by atoms with Crippen LogP contribution in [0.5, 0.6) is 5.75 Å². The lowest BCUT2D eigenvalue weighted by Crippen LogP contribution is -2.29. The van der Waals surface area contributed by atoms with Crippen molar-refractivity contribution in [2.24, 2.45) is 0 Å². The minimum absolute atomic E-state index is 0.134. The summed E-state index contributed by atoms with van der Waals surface area (Å²) < 4.78 is 11.3. The van der Waals surface area contributed by atoms with Crippen LogP contribution >= 0.6 is 11.3 Å². The van der Waals surface area contributed by atoms with Gasteiger partial charge < -0.3 is 14.1 Å². The van der Waals surface area contributed by atoms with E-state index in [4.69, 9.17) is 9.15 Å². The number of rotatable bonds is 6. The van der Waals surface area contributed by atoms with Gasteiger partial charge in [0, 0.05) is 15.8 Å². The van der Waals surface area contributed by atoms with Crippen LogP contribution in [0.15, 0.2) is 76.5 Å². The first-order valence-electron chi connectivity index (χ1n) is 8.67. The van der Waals surface area contributed by atoms with Gasteiger partial charge >= 0.3 is 0 Å². The zero-order chi connectivity index (χ0) is 18.6. The summed E-state index contributed by atoms with van der Waals surface area (Å²) in [5.41, 5.74) is 1.68. The molecule has 4 nitrogen and oxygen atoms in total. The Morgan fingerprint density at radius 3 is 2.63 bits per heavy atom. The average molecular weight is 377 g/mol. The summed E-state index contributed by atoms with van der Waals surface area (Å²) in [6.45, 7) is 0.962. The van der Waals surface area contributed by atoms with Gasteiger partial charge in [0.2, 0.25) is 0 Å². The molecule has 136 valence electrons. The smallest absolute Gasteiger partial charge is 0.290 e. The van der Waals surface area contributed by atoms with Crippen molar-refractivity contribution in [2.45, 2.75) is 13.1 Å². The molecule has 4 rings (SSSR count). The van der Waals surface area contributed by atoms with Gasteiger partial charge in [0.1, 0.15) is 11.3 Å². The Morgan fingerprint density at radius 1 is 1.04 bits per heavy atom. The first-order valence-corrected chi connectivity index (χ1v) is 9.54. The minimum atomic E-state index is -0.134. The predicted molar refractivity (Wildman–Crippen MR) is 107 cm³/mol. The van der Waals surface area contributed by atoms with Crippen LogP contribution in [0.2, 0.25) is 0 Å². The number of methoxy groups -OCH3 is 1. The molecule has 0 saturated carbocycles. The van der Waals surface area contributed by atoms with Crippen molar-refractivity contribution in [2.75, 3.05) is 7.11 Å². The highest BCUT2D eigenvalue weighted by Gasteiger charge is 2.22. The molecule has 0 N–H and O–H groups in total. The second kappa shape index (κ2) is 7.68. The third-order valence-corrected chi connectivity index (χ3v) is 5.27. The Hall–Kier alpha value is -3.05. The molecule has 0 atom stereocenters. The van der Waals surface area contributed by atoms with E-state index in [0.29, 0.717) is 24.4 Å². The van der Waals surface area contributed by atoms with E-state index in [-0.39, 0.29) is 5.91 Å². The van der Waals surface area contributed by atoms with Crippen LogP contribution in [0.1, 0.15) is 21.0 Å². The quantitative estimate of drug-likeness (QED) is 0.455. The van der Waals surface area contributed by atoms with Crippen LogP contribution in [-0.4, -0.2) is 17.9 Å². The fraction of sp³-hybridized carbons (Fsp3) is 0.136. The fourth-order valence-corrected chi connectivity index (χ4v) is 3.79. The van der Waals surface area contributed by atoms with Gasteiger partial charge in [-0.1, -0.05) is 42.5 Å². The molecule has 0 radical (unpaired) electrons. The molecular formula is C22H19NO3S. The van der Waals surface area contributed by atoms with Crippen LogP contribution in [0.3, 0.4) is 0 Å². The molecule has 0 spiro atoms. The van der Waals surface area contributed by atoms with E-state index < -0.39 is 0 Å². The number of carbonyl (C=O) groups is 1. The average Bonchev–Trinajstić information content (AvgIpc) is 3.36. The molecular weight excluding hydrogens is 358 g/mol. The van der Waals surface area contributed by atoms with Crippen LogP contribution in [0, 0.1) is 0 Å². The molecule has 2 aromatic carbocycles. The highest BCUT2D eigenvalue weighted by Crippen LogP contribution is 2.25. The Kier molecular flexibility index (Phi) is 4.94. The van der Waals surface area contributed by atoms with Crippen LogP contribution in [-0.2, 0) is 13.1 Å². The monoisotopic (exact) mass is 377 g/mol. The molecule has 27 heavy (non-hydrogen) atoms. The number of carbonyl (C=O) groups excluding carboxylic acids is 1. The van der Waals surface area contributed by atoms with E-state index in [1.54, 1.807) is 29.4 Å². The number of fused-ring (bicyclic) bond motifs is 1. The number of hydrogen-bond donors (Lipinski definition) is 0. The number of furan rings is 1. The largest absolute Gasteiger partial charge is 0.496 e. The van der Waals surface area contributed by atoms with Crippen molar-refractivity contribution in [3.8, 4) is 5.75 Å². The molecule has 0 aliphatic rings. The van der Waals surface area contributed by atoms with Gasteiger partial charge in [-0.05, 0) is 29.6 Å². The molecule has 0 unspecified atom stereocenters. The molecule has 5 heteroatoms. The maximum Gasteiger partial charge on any atom is 0.290 e. The number of ether oxygens (including phenoxy) is 1. The van der Waals surface area contributed by atoms with Gasteiger partial charge in [0.05, 0.1) is 20.2 Å². The van der Waals surface area contributed by atoms with Crippen molar-refractivity contribution in [3.63, 3.8) is 0 Å². The highest BCUT2D eigenvalue weighted by atomic mass is 32.1. The number of thiophene rings is 1. The van der Waals surface area contributed by atoms with Gasteiger partial charge in [-0.2, -0.15) is 0 Å². The Bertz CT molecular complexity index is 1020. The molecule has 0 fully saturated rings. The molecule has 0 bridgehead atoms. The van der Waals surface area contributed by atoms with Crippen molar-refractivity contribution in [1.82, 2.24) is 4.90 Å². The second-order valence-electron chi connectivity index (χ2n) is 6.20. The first kappa shape index (κ1) is 17.4. The summed E-state index contributed by atoms with van der Waals surface area (Å²) in [5, 5.41) is 2.94. The molecule has 0 aliphatic carbocycles. The van der Waals surface area contributed by atoms with Gasteiger partial charge in [0.25, 0.3) is 5.91 Å². The minimum Gasteiger partial charge on any atom is -0.496 e. The van der Waals surface area contributed by atoms with Crippen molar-refractivity contribution >= 4 is 28.2 Å². The molecule has 2 heterocycles. The van der Waals surface area contributed by atoms with Crippen LogP contribution in [0.4, 0.5) is 0 Å². The Balaban J connectivity index is 1.67. The van der Waals surface area contributed by atoms with Crippen molar-refractivity contribution in [1.29, 1.82) is 0 Å². The zero-order valence-electron chi connectivity index (χ0n) is 14.9. The topological polar surface area (TPSA) is 42.7 Å². The van der Waals surface area contributed by atoms with Gasteiger partial charge in [-0.25, -0.2) is 0 Å². The normalized spacial score (nSPS) is 10.9. The summed E-state index contributed by atoms with van der Waals surface area (Å²) in [5.74, 6) is 0.985. The first-order chi connectivity index (χ1) is 13.2. The number of amides is 1. The van der Waals surface area contributed by atoms with Gasteiger partial charge in [-0.3, -0.25) is 4.79 Å². The number of para-hydroxylation sites is 2. The molecule has 1 amide bonds. The predicted octanol–water partition coefficient (Wildman–Crippen LogP) is 5.35. The Morgan fingerprint density at radius 2 is 1.85 bits per heavy atom. The van der Waals surface area contributed by atoms with Crippen LogP contribution in [0.25, 0.3) is 11.0 Å². The van der Waals surface area contributed by atoms with E-state index in [9.17, 15) is 4.79 Å². The zero-order valence-corrected chi connectivity index (χ0v) is 15.7. The van der Waals surface area contributed by atoms with Gasteiger partial charge in [-0.15, -0.1) is 11.3 Å². The second-order valence-corrected chi connectivity index (χ2v) is 7.23. The van der Waals surface area contributed by atoms with E-state index >= 15 is 0 Å². The lowest BCUT2D eigenvalue weighted by molar-refractivity contribution is 0.0700. The third kappa shape index (κ3) is 3.73. The van der Waals surface area contributed by atoms with Crippen LogP contribution < -0.4 is 4.74 Å². The fourth-order valence-electron chi connectivity index (χ4n) is 3.07. The Labute approximate surface area is 161 Å².